The highest BCUT2D eigenvalue weighted by molar-refractivity contribution is 7.89. The van der Waals surface area contributed by atoms with Gasteiger partial charge in [-0.25, -0.2) is 12.7 Å². The molecule has 0 heterocycles. The first-order valence-corrected chi connectivity index (χ1v) is 9.46. The summed E-state index contributed by atoms with van der Waals surface area (Å²) in [6.07, 6.45) is 0. The molecule has 0 aliphatic rings. The first kappa shape index (κ1) is 20.0. The zero-order valence-electron chi connectivity index (χ0n) is 14.6. The lowest BCUT2D eigenvalue weighted by molar-refractivity contribution is -0.114. The Hall–Kier alpha value is -2.29. The van der Waals surface area contributed by atoms with Crippen LogP contribution in [0.2, 0.25) is 5.02 Å². The lowest BCUT2D eigenvalue weighted by Gasteiger charge is -2.14. The summed E-state index contributed by atoms with van der Waals surface area (Å²) in [4.78, 5) is 12.2. The molecule has 2 aromatic carbocycles. The van der Waals surface area contributed by atoms with E-state index in [2.05, 4.69) is 10.6 Å². The summed E-state index contributed by atoms with van der Waals surface area (Å²) in [7, 11) is 0.774. The highest BCUT2D eigenvalue weighted by atomic mass is 35.5. The van der Waals surface area contributed by atoms with Gasteiger partial charge in [-0.2, -0.15) is 0 Å². The zero-order valence-corrected chi connectivity index (χ0v) is 16.2. The molecule has 0 radical (unpaired) electrons. The first-order chi connectivity index (χ1) is 12.3. The normalized spacial score (nSPS) is 11.3. The van der Waals surface area contributed by atoms with E-state index in [0.717, 1.165) is 4.31 Å². The maximum absolute atomic E-state index is 12.2. The van der Waals surface area contributed by atoms with Gasteiger partial charge in [0.25, 0.3) is 0 Å². The second-order valence-corrected chi connectivity index (χ2v) is 8.09. The fraction of sp³-hybridized carbons (Fsp3) is 0.235. The number of sulfonamides is 1. The number of benzene rings is 2. The minimum atomic E-state index is -3.62. The Kier molecular flexibility index (Phi) is 6.47. The van der Waals surface area contributed by atoms with Crippen LogP contribution in [0, 0.1) is 0 Å². The number of amides is 1. The Morgan fingerprint density at radius 2 is 1.85 bits per heavy atom. The summed E-state index contributed by atoms with van der Waals surface area (Å²) in [5, 5.41) is 5.82. The largest absolute Gasteiger partial charge is 0.495 e. The van der Waals surface area contributed by atoms with E-state index in [4.69, 9.17) is 16.3 Å². The topological polar surface area (TPSA) is 87.7 Å². The second-order valence-electron chi connectivity index (χ2n) is 5.53. The summed E-state index contributed by atoms with van der Waals surface area (Å²) >= 11 is 6.07. The highest BCUT2D eigenvalue weighted by Crippen LogP contribution is 2.27. The molecular weight excluding hydrogens is 378 g/mol. The lowest BCUT2D eigenvalue weighted by Crippen LogP contribution is -2.24. The molecule has 0 unspecified atom stereocenters. The van der Waals surface area contributed by atoms with Crippen molar-refractivity contribution >= 4 is 38.9 Å². The number of anilines is 2. The van der Waals surface area contributed by atoms with E-state index in [1.807, 2.05) is 12.1 Å². The summed E-state index contributed by atoms with van der Waals surface area (Å²) in [6, 6.07) is 11.3. The van der Waals surface area contributed by atoms with Crippen molar-refractivity contribution in [2.24, 2.45) is 0 Å². The Balaban J connectivity index is 2.11. The Bertz CT molecular complexity index is 901. The van der Waals surface area contributed by atoms with Gasteiger partial charge >= 0.3 is 0 Å². The van der Waals surface area contributed by atoms with E-state index in [9.17, 15) is 13.2 Å². The van der Waals surface area contributed by atoms with E-state index in [0.29, 0.717) is 11.4 Å². The summed E-state index contributed by atoms with van der Waals surface area (Å²) in [5.74, 6) is 0.231. The van der Waals surface area contributed by atoms with Gasteiger partial charge in [-0.3, -0.25) is 4.79 Å². The fourth-order valence-electron chi connectivity index (χ4n) is 2.13. The van der Waals surface area contributed by atoms with E-state index in [1.165, 1.54) is 39.4 Å². The van der Waals surface area contributed by atoms with Crippen LogP contribution in [0.5, 0.6) is 5.75 Å². The third-order valence-electron chi connectivity index (χ3n) is 3.54. The van der Waals surface area contributed by atoms with Crippen molar-refractivity contribution in [2.45, 2.75) is 4.90 Å². The van der Waals surface area contributed by atoms with Crippen molar-refractivity contribution in [1.82, 2.24) is 4.31 Å². The number of rotatable bonds is 7. The van der Waals surface area contributed by atoms with Crippen molar-refractivity contribution in [1.29, 1.82) is 0 Å². The fourth-order valence-corrected chi connectivity index (χ4v) is 3.23. The number of nitrogens with zero attached hydrogens (tertiary/aromatic N) is 1. The molecule has 0 bridgehead atoms. The highest BCUT2D eigenvalue weighted by Gasteiger charge is 2.19. The van der Waals surface area contributed by atoms with Crippen molar-refractivity contribution in [3.8, 4) is 5.75 Å². The van der Waals surface area contributed by atoms with Gasteiger partial charge in [0, 0.05) is 14.1 Å². The lowest BCUT2D eigenvalue weighted by atomic mass is 10.3. The van der Waals surface area contributed by atoms with Gasteiger partial charge in [0.1, 0.15) is 5.75 Å². The molecule has 2 N–H and O–H groups in total. The molecule has 0 saturated heterocycles. The smallest absolute Gasteiger partial charge is 0.243 e. The summed E-state index contributed by atoms with van der Waals surface area (Å²) in [5.41, 5.74) is 0.890. The third kappa shape index (κ3) is 4.66. The van der Waals surface area contributed by atoms with Gasteiger partial charge in [-0.1, -0.05) is 23.7 Å². The minimum absolute atomic E-state index is 0.0403. The van der Waals surface area contributed by atoms with Gasteiger partial charge in [0.2, 0.25) is 15.9 Å². The molecule has 0 saturated carbocycles. The molecule has 0 aliphatic heterocycles. The van der Waals surface area contributed by atoms with Crippen LogP contribution in [-0.2, 0) is 14.8 Å². The Labute approximate surface area is 158 Å². The average Bonchev–Trinajstić information content (AvgIpc) is 2.61. The maximum atomic E-state index is 12.2. The second kappa shape index (κ2) is 8.39. The Morgan fingerprint density at radius 1 is 1.15 bits per heavy atom. The molecule has 26 heavy (non-hydrogen) atoms. The number of carbonyl (C=O) groups is 1. The number of nitrogens with one attached hydrogen (secondary N) is 2. The standard InChI is InChI=1S/C17H20ClN3O4S/c1-21(2)26(23,24)12-8-9-13(18)15(10-12)20-17(22)11-19-14-6-4-5-7-16(14)25-3/h4-10,19H,11H2,1-3H3,(H,20,22). The number of halogens is 1. The minimum Gasteiger partial charge on any atom is -0.495 e. The van der Waals surface area contributed by atoms with Crippen LogP contribution in [-0.4, -0.2) is 46.4 Å². The number of methoxy groups -OCH3 is 1. The molecule has 0 aliphatic carbocycles. The van der Waals surface area contributed by atoms with Crippen LogP contribution < -0.4 is 15.4 Å². The van der Waals surface area contributed by atoms with Crippen molar-refractivity contribution in [3.63, 3.8) is 0 Å². The van der Waals surface area contributed by atoms with Crippen LogP contribution in [0.4, 0.5) is 11.4 Å². The third-order valence-corrected chi connectivity index (χ3v) is 5.68. The van der Waals surface area contributed by atoms with Gasteiger partial charge in [0.05, 0.1) is 34.9 Å². The molecule has 0 atom stereocenters. The van der Waals surface area contributed by atoms with E-state index >= 15 is 0 Å². The molecule has 2 rings (SSSR count). The number of hydrogen-bond acceptors (Lipinski definition) is 5. The predicted octanol–water partition coefficient (Wildman–Crippen LogP) is 2.65. The van der Waals surface area contributed by atoms with Gasteiger partial charge in [0.15, 0.2) is 0 Å². The average molecular weight is 398 g/mol. The van der Waals surface area contributed by atoms with E-state index in [-0.39, 0.29) is 28.1 Å². The van der Waals surface area contributed by atoms with Crippen LogP contribution in [0.25, 0.3) is 0 Å². The summed E-state index contributed by atoms with van der Waals surface area (Å²) in [6.45, 7) is -0.0403. The molecule has 1 amide bonds. The predicted molar refractivity (Wildman–Crippen MR) is 102 cm³/mol. The van der Waals surface area contributed by atoms with Crippen LogP contribution >= 0.6 is 11.6 Å². The SMILES string of the molecule is COc1ccccc1NCC(=O)Nc1cc(S(=O)(=O)N(C)C)ccc1Cl. The zero-order chi connectivity index (χ0) is 19.3. The van der Waals surface area contributed by atoms with Crippen LogP contribution in [0.15, 0.2) is 47.4 Å². The number of carbonyl (C=O) groups excluding carboxylic acids is 1. The number of ether oxygens (including phenoxy) is 1. The molecule has 0 spiro atoms. The molecule has 0 aromatic heterocycles. The van der Waals surface area contributed by atoms with Crippen LogP contribution in [0.1, 0.15) is 0 Å². The van der Waals surface area contributed by atoms with Crippen LogP contribution in [0.3, 0.4) is 0 Å². The quantitative estimate of drug-likeness (QED) is 0.749. The van der Waals surface area contributed by atoms with Gasteiger partial charge in [-0.15, -0.1) is 0 Å². The Morgan fingerprint density at radius 3 is 2.50 bits per heavy atom. The van der Waals surface area contributed by atoms with Crippen molar-refractivity contribution in [2.75, 3.05) is 38.4 Å². The van der Waals surface area contributed by atoms with Gasteiger partial charge in [-0.05, 0) is 30.3 Å². The number of para-hydroxylation sites is 2. The molecule has 7 nitrogen and oxygen atoms in total. The first-order valence-electron chi connectivity index (χ1n) is 7.64. The molecule has 2 aromatic rings. The number of hydrogen-bond donors (Lipinski definition) is 2. The van der Waals surface area contributed by atoms with Crippen molar-refractivity contribution in [3.05, 3.63) is 47.5 Å². The van der Waals surface area contributed by atoms with Gasteiger partial charge < -0.3 is 15.4 Å². The molecule has 9 heteroatoms. The van der Waals surface area contributed by atoms with Crippen molar-refractivity contribution < 1.29 is 17.9 Å². The molecule has 140 valence electrons. The van der Waals surface area contributed by atoms with E-state index < -0.39 is 10.0 Å². The van der Waals surface area contributed by atoms with E-state index in [1.54, 1.807) is 12.1 Å². The maximum Gasteiger partial charge on any atom is 0.243 e. The molecular formula is C17H20ClN3O4S. The molecule has 0 fully saturated rings. The monoisotopic (exact) mass is 397 g/mol. The summed E-state index contributed by atoms with van der Waals surface area (Å²) < 4.78 is 30.7.